The number of aryl methyl sites for hydroxylation is 2. The molecule has 8 nitrogen and oxygen atoms in total. The lowest BCUT2D eigenvalue weighted by molar-refractivity contribution is -0.00805. The molecular weight excluding hydrogens is 306 g/mol. The van der Waals surface area contributed by atoms with Crippen LogP contribution in [0, 0.1) is 0 Å². The minimum Gasteiger partial charge on any atom is -0.370 e. The Labute approximate surface area is 142 Å². The van der Waals surface area contributed by atoms with Crippen LogP contribution in [0.4, 0.5) is 0 Å². The van der Waals surface area contributed by atoms with E-state index in [9.17, 15) is 0 Å². The number of nitrogens with one attached hydrogen (secondary N) is 1. The minimum absolute atomic E-state index is 0.0229. The molecule has 3 heterocycles. The van der Waals surface area contributed by atoms with Crippen LogP contribution in [0.15, 0.2) is 29.8 Å². The third-order valence-electron chi connectivity index (χ3n) is 3.97. The van der Waals surface area contributed by atoms with E-state index < -0.39 is 0 Å². The Morgan fingerprint density at radius 2 is 2.08 bits per heavy atom. The van der Waals surface area contributed by atoms with Gasteiger partial charge in [0.05, 0.1) is 32.1 Å². The summed E-state index contributed by atoms with van der Waals surface area (Å²) in [6.45, 7) is 5.81. The highest BCUT2D eigenvalue weighted by atomic mass is 16.5. The number of hydrogen-bond acceptors (Lipinski definition) is 4. The maximum Gasteiger partial charge on any atom is 0.194 e. The number of nitrogens with zero attached hydrogens (tertiary/aromatic N) is 6. The van der Waals surface area contributed by atoms with Crippen LogP contribution in [0.5, 0.6) is 0 Å². The minimum atomic E-state index is 0.0229. The van der Waals surface area contributed by atoms with Crippen LogP contribution in [0.1, 0.15) is 24.2 Å². The fourth-order valence-electron chi connectivity index (χ4n) is 2.80. The van der Waals surface area contributed by atoms with Crippen molar-refractivity contribution in [2.24, 2.45) is 19.1 Å². The van der Waals surface area contributed by atoms with E-state index in [-0.39, 0.29) is 6.10 Å². The van der Waals surface area contributed by atoms with Crippen LogP contribution in [0.2, 0.25) is 0 Å². The van der Waals surface area contributed by atoms with Crippen LogP contribution in [-0.2, 0) is 25.4 Å². The van der Waals surface area contributed by atoms with E-state index in [0.29, 0.717) is 13.2 Å². The second kappa shape index (κ2) is 7.48. The SMILES string of the molecule is CCNC(=NCc1cnn(C)c1)N1CCOC(c2cnn(C)c2)C1. The Bertz CT molecular complexity index is 690. The van der Waals surface area contributed by atoms with Crippen molar-refractivity contribution < 1.29 is 4.74 Å². The van der Waals surface area contributed by atoms with Crippen LogP contribution < -0.4 is 5.32 Å². The molecule has 1 aliphatic rings. The Kier molecular flexibility index (Phi) is 5.14. The van der Waals surface area contributed by atoms with Gasteiger partial charge in [0, 0.05) is 50.7 Å². The molecular formula is C16H25N7O. The Morgan fingerprint density at radius 1 is 1.29 bits per heavy atom. The molecule has 1 aliphatic heterocycles. The van der Waals surface area contributed by atoms with Gasteiger partial charge in [0.15, 0.2) is 5.96 Å². The zero-order valence-electron chi connectivity index (χ0n) is 14.5. The standard InChI is InChI=1S/C16H25N7O/c1-4-17-16(18-7-13-8-19-21(2)10-13)23-5-6-24-15(12-23)14-9-20-22(3)11-14/h8-11,15H,4-7,12H2,1-3H3,(H,17,18). The molecule has 24 heavy (non-hydrogen) atoms. The zero-order valence-corrected chi connectivity index (χ0v) is 14.5. The van der Waals surface area contributed by atoms with E-state index in [1.165, 1.54) is 0 Å². The maximum atomic E-state index is 5.91. The maximum absolute atomic E-state index is 5.91. The van der Waals surface area contributed by atoms with Gasteiger partial charge < -0.3 is 15.0 Å². The Morgan fingerprint density at radius 3 is 2.75 bits per heavy atom. The summed E-state index contributed by atoms with van der Waals surface area (Å²) >= 11 is 0. The van der Waals surface area contributed by atoms with Gasteiger partial charge in [-0.2, -0.15) is 10.2 Å². The summed E-state index contributed by atoms with van der Waals surface area (Å²) in [7, 11) is 3.84. The van der Waals surface area contributed by atoms with Crippen molar-refractivity contribution >= 4 is 5.96 Å². The van der Waals surface area contributed by atoms with Crippen molar-refractivity contribution in [3.63, 3.8) is 0 Å². The molecule has 1 atom stereocenters. The highest BCUT2D eigenvalue weighted by molar-refractivity contribution is 5.80. The molecule has 1 unspecified atom stereocenters. The number of aliphatic imine (C=N–C) groups is 1. The molecule has 0 bridgehead atoms. The van der Waals surface area contributed by atoms with Gasteiger partial charge in [-0.15, -0.1) is 0 Å². The van der Waals surface area contributed by atoms with Gasteiger partial charge in [-0.25, -0.2) is 4.99 Å². The predicted molar refractivity (Wildman–Crippen MR) is 91.5 cm³/mol. The molecule has 130 valence electrons. The van der Waals surface area contributed by atoms with Crippen molar-refractivity contribution in [3.05, 3.63) is 35.9 Å². The average molecular weight is 331 g/mol. The van der Waals surface area contributed by atoms with Crippen molar-refractivity contribution in [2.75, 3.05) is 26.2 Å². The number of guanidine groups is 1. The van der Waals surface area contributed by atoms with Gasteiger partial charge in [-0.1, -0.05) is 0 Å². The number of hydrogen-bond donors (Lipinski definition) is 1. The van der Waals surface area contributed by atoms with Gasteiger partial charge in [0.1, 0.15) is 6.10 Å². The Balaban J connectivity index is 1.70. The number of ether oxygens (including phenoxy) is 1. The first kappa shape index (κ1) is 16.5. The van der Waals surface area contributed by atoms with Crippen LogP contribution in [-0.4, -0.2) is 56.7 Å². The lowest BCUT2D eigenvalue weighted by Gasteiger charge is -2.34. The second-order valence-corrected chi connectivity index (χ2v) is 5.95. The highest BCUT2D eigenvalue weighted by Gasteiger charge is 2.25. The molecule has 1 fully saturated rings. The first-order chi connectivity index (χ1) is 11.7. The van der Waals surface area contributed by atoms with Crippen molar-refractivity contribution in [3.8, 4) is 0 Å². The Hall–Kier alpha value is -2.35. The average Bonchev–Trinajstić information content (AvgIpc) is 3.20. The summed E-state index contributed by atoms with van der Waals surface area (Å²) in [6, 6.07) is 0. The zero-order chi connectivity index (χ0) is 16.9. The largest absolute Gasteiger partial charge is 0.370 e. The van der Waals surface area contributed by atoms with E-state index in [0.717, 1.165) is 36.7 Å². The van der Waals surface area contributed by atoms with Gasteiger partial charge in [0.25, 0.3) is 0 Å². The smallest absolute Gasteiger partial charge is 0.194 e. The summed E-state index contributed by atoms with van der Waals surface area (Å²) < 4.78 is 9.51. The normalized spacial score (nSPS) is 18.9. The van der Waals surface area contributed by atoms with Gasteiger partial charge in [0.2, 0.25) is 0 Å². The topological polar surface area (TPSA) is 72.5 Å². The molecule has 0 amide bonds. The lowest BCUT2D eigenvalue weighted by atomic mass is 10.1. The van der Waals surface area contributed by atoms with Crippen molar-refractivity contribution in [1.29, 1.82) is 0 Å². The first-order valence-corrected chi connectivity index (χ1v) is 8.26. The van der Waals surface area contributed by atoms with Crippen molar-refractivity contribution in [1.82, 2.24) is 29.8 Å². The monoisotopic (exact) mass is 331 g/mol. The van der Waals surface area contributed by atoms with Gasteiger partial charge >= 0.3 is 0 Å². The van der Waals surface area contributed by atoms with Crippen LogP contribution in [0.25, 0.3) is 0 Å². The number of aromatic nitrogens is 4. The molecule has 2 aromatic rings. The summed E-state index contributed by atoms with van der Waals surface area (Å²) in [5.41, 5.74) is 2.20. The molecule has 0 aromatic carbocycles. The second-order valence-electron chi connectivity index (χ2n) is 5.95. The van der Waals surface area contributed by atoms with E-state index in [1.54, 1.807) is 9.36 Å². The quantitative estimate of drug-likeness (QED) is 0.659. The number of rotatable bonds is 4. The van der Waals surface area contributed by atoms with Gasteiger partial charge in [-0.05, 0) is 6.92 Å². The molecule has 1 N–H and O–H groups in total. The molecule has 2 aromatic heterocycles. The molecule has 0 aliphatic carbocycles. The van der Waals surface area contributed by atoms with Crippen LogP contribution >= 0.6 is 0 Å². The third-order valence-corrected chi connectivity index (χ3v) is 3.97. The van der Waals surface area contributed by atoms with Crippen molar-refractivity contribution in [2.45, 2.75) is 19.6 Å². The summed E-state index contributed by atoms with van der Waals surface area (Å²) in [6.07, 6.45) is 7.74. The molecule has 0 radical (unpaired) electrons. The summed E-state index contributed by atoms with van der Waals surface area (Å²) in [4.78, 5) is 7.01. The fraction of sp³-hybridized carbons (Fsp3) is 0.562. The third kappa shape index (κ3) is 3.94. The molecule has 0 saturated carbocycles. The lowest BCUT2D eigenvalue weighted by Crippen LogP contribution is -2.48. The van der Waals surface area contributed by atoms with E-state index in [2.05, 4.69) is 27.3 Å². The number of morpholine rings is 1. The summed E-state index contributed by atoms with van der Waals surface area (Å²) in [5.74, 6) is 0.915. The molecule has 8 heteroatoms. The van der Waals surface area contributed by atoms with Crippen LogP contribution in [0.3, 0.4) is 0 Å². The highest BCUT2D eigenvalue weighted by Crippen LogP contribution is 2.21. The van der Waals surface area contributed by atoms with E-state index in [1.807, 2.05) is 38.9 Å². The summed E-state index contributed by atoms with van der Waals surface area (Å²) in [5, 5.41) is 11.8. The molecule has 0 spiro atoms. The molecule has 1 saturated heterocycles. The molecule has 3 rings (SSSR count). The fourth-order valence-corrected chi connectivity index (χ4v) is 2.80. The van der Waals surface area contributed by atoms with E-state index in [4.69, 9.17) is 9.73 Å². The van der Waals surface area contributed by atoms with E-state index >= 15 is 0 Å². The predicted octanol–water partition coefficient (Wildman–Crippen LogP) is 0.693. The first-order valence-electron chi connectivity index (χ1n) is 8.26. The van der Waals surface area contributed by atoms with Gasteiger partial charge in [-0.3, -0.25) is 9.36 Å².